The monoisotopic (exact) mass is 395 g/mol. The van der Waals surface area contributed by atoms with Crippen LogP contribution in [0.4, 0.5) is 5.69 Å². The summed E-state index contributed by atoms with van der Waals surface area (Å²) >= 11 is 2.24. The number of carbonyl (C=O) groups excluding carboxylic acids is 2. The number of nitrogens with zero attached hydrogens (tertiary/aromatic N) is 1. The average molecular weight is 395 g/mol. The van der Waals surface area contributed by atoms with Crippen LogP contribution in [-0.4, -0.2) is 11.7 Å². The van der Waals surface area contributed by atoms with E-state index in [2.05, 4.69) is 27.9 Å². The van der Waals surface area contributed by atoms with Gasteiger partial charge in [-0.05, 0) is 66.3 Å². The van der Waals surface area contributed by atoms with Crippen LogP contribution in [0.2, 0.25) is 0 Å². The summed E-state index contributed by atoms with van der Waals surface area (Å²) in [6.07, 6.45) is 3.45. The second kappa shape index (κ2) is 6.80. The number of aryl methyl sites for hydroxylation is 1. The van der Waals surface area contributed by atoms with Gasteiger partial charge >= 0.3 is 0 Å². The molecule has 0 aliphatic heterocycles. The number of halogens is 1. The van der Waals surface area contributed by atoms with E-state index in [0.29, 0.717) is 5.56 Å². The smallest absolute Gasteiger partial charge is 0.290 e. The van der Waals surface area contributed by atoms with Gasteiger partial charge in [0.1, 0.15) is 0 Å². The standard InChI is InChI=1S/C16H15IN2O2/c1-11-8-14(17)5-6-15(11)18-16(21)10-19-7-3-4-13(9-19)12(2)20/h3-9H,10H2,1-2H3/p+1. The number of anilines is 1. The first kappa shape index (κ1) is 15.6. The fourth-order valence-electron chi connectivity index (χ4n) is 1.95. The Morgan fingerprint density at radius 2 is 2.05 bits per heavy atom. The van der Waals surface area contributed by atoms with Crippen molar-refractivity contribution < 1.29 is 14.2 Å². The lowest BCUT2D eigenvalue weighted by molar-refractivity contribution is -0.684. The summed E-state index contributed by atoms with van der Waals surface area (Å²) < 4.78 is 2.83. The number of ketones is 1. The number of amides is 1. The van der Waals surface area contributed by atoms with Crippen molar-refractivity contribution in [3.63, 3.8) is 0 Å². The molecule has 1 heterocycles. The van der Waals surface area contributed by atoms with E-state index in [9.17, 15) is 9.59 Å². The zero-order valence-electron chi connectivity index (χ0n) is 11.9. The Morgan fingerprint density at radius 1 is 1.29 bits per heavy atom. The lowest BCUT2D eigenvalue weighted by Crippen LogP contribution is -2.40. The molecule has 1 aromatic carbocycles. The molecule has 1 aromatic heterocycles. The van der Waals surface area contributed by atoms with Gasteiger partial charge in [-0.15, -0.1) is 0 Å². The normalized spacial score (nSPS) is 10.2. The van der Waals surface area contributed by atoms with E-state index < -0.39 is 0 Å². The van der Waals surface area contributed by atoms with Gasteiger partial charge in [0.05, 0.1) is 5.56 Å². The molecule has 0 saturated heterocycles. The van der Waals surface area contributed by atoms with Gasteiger partial charge in [-0.25, -0.2) is 0 Å². The number of nitrogens with one attached hydrogen (secondary N) is 1. The van der Waals surface area contributed by atoms with E-state index in [4.69, 9.17) is 0 Å². The molecule has 0 aliphatic carbocycles. The highest BCUT2D eigenvalue weighted by molar-refractivity contribution is 14.1. The predicted octanol–water partition coefficient (Wildman–Crippen LogP) is 2.73. The van der Waals surface area contributed by atoms with Crippen LogP contribution in [0.1, 0.15) is 22.8 Å². The Hall–Kier alpha value is -1.76. The minimum Gasteiger partial charge on any atom is -0.320 e. The van der Waals surface area contributed by atoms with Crippen molar-refractivity contribution >= 4 is 40.0 Å². The lowest BCUT2D eigenvalue weighted by Gasteiger charge is -2.07. The van der Waals surface area contributed by atoms with Crippen LogP contribution >= 0.6 is 22.6 Å². The van der Waals surface area contributed by atoms with E-state index in [0.717, 1.165) is 14.8 Å². The quantitative estimate of drug-likeness (QED) is 0.492. The van der Waals surface area contributed by atoms with Gasteiger partial charge in [0.2, 0.25) is 6.54 Å². The van der Waals surface area contributed by atoms with Gasteiger partial charge in [-0.2, -0.15) is 4.57 Å². The molecule has 0 atom stereocenters. The Morgan fingerprint density at radius 3 is 2.71 bits per heavy atom. The summed E-state index contributed by atoms with van der Waals surface area (Å²) in [7, 11) is 0. The maximum Gasteiger partial charge on any atom is 0.290 e. The SMILES string of the molecule is CC(=O)c1ccc[n+](CC(=O)Nc2ccc(I)cc2C)c1. The van der Waals surface area contributed by atoms with Crippen LogP contribution in [0.25, 0.3) is 0 Å². The van der Waals surface area contributed by atoms with Crippen molar-refractivity contribution in [2.75, 3.05) is 5.32 Å². The van der Waals surface area contributed by atoms with Gasteiger partial charge in [0.15, 0.2) is 18.2 Å². The molecule has 2 rings (SSSR count). The molecule has 0 bridgehead atoms. The maximum atomic E-state index is 12.1. The van der Waals surface area contributed by atoms with Crippen molar-refractivity contribution in [1.82, 2.24) is 0 Å². The third-order valence-corrected chi connectivity index (χ3v) is 3.72. The number of hydrogen-bond donors (Lipinski definition) is 1. The molecule has 0 aliphatic rings. The van der Waals surface area contributed by atoms with Crippen LogP contribution in [0.3, 0.4) is 0 Å². The molecule has 5 heteroatoms. The number of hydrogen-bond acceptors (Lipinski definition) is 2. The van der Waals surface area contributed by atoms with Crippen LogP contribution < -0.4 is 9.88 Å². The molecule has 0 radical (unpaired) electrons. The molecule has 21 heavy (non-hydrogen) atoms. The summed E-state index contributed by atoms with van der Waals surface area (Å²) in [6.45, 7) is 3.64. The topological polar surface area (TPSA) is 50.0 Å². The van der Waals surface area contributed by atoms with Crippen molar-refractivity contribution in [2.45, 2.75) is 20.4 Å². The van der Waals surface area contributed by atoms with Crippen molar-refractivity contribution in [1.29, 1.82) is 0 Å². The molecule has 0 unspecified atom stereocenters. The fraction of sp³-hybridized carbons (Fsp3) is 0.188. The maximum absolute atomic E-state index is 12.1. The highest BCUT2D eigenvalue weighted by Crippen LogP contribution is 2.17. The average Bonchev–Trinajstić information content (AvgIpc) is 2.42. The van der Waals surface area contributed by atoms with Crippen LogP contribution in [-0.2, 0) is 11.3 Å². The molecular weight excluding hydrogens is 379 g/mol. The third kappa shape index (κ3) is 4.35. The first-order valence-corrected chi connectivity index (χ1v) is 7.59. The molecule has 0 saturated carbocycles. The third-order valence-electron chi connectivity index (χ3n) is 3.05. The number of carbonyl (C=O) groups is 2. The van der Waals surface area contributed by atoms with Crippen molar-refractivity contribution in [3.05, 3.63) is 57.4 Å². The molecule has 2 aromatic rings. The fourth-order valence-corrected chi connectivity index (χ4v) is 2.60. The number of pyridine rings is 1. The predicted molar refractivity (Wildman–Crippen MR) is 89.2 cm³/mol. The molecule has 108 valence electrons. The van der Waals surface area contributed by atoms with Gasteiger partial charge in [0, 0.05) is 15.3 Å². The van der Waals surface area contributed by atoms with Gasteiger partial charge in [0.25, 0.3) is 5.91 Å². The first-order valence-electron chi connectivity index (χ1n) is 6.52. The summed E-state index contributed by atoms with van der Waals surface area (Å²) in [5.41, 5.74) is 2.43. The van der Waals surface area contributed by atoms with Crippen LogP contribution in [0.5, 0.6) is 0 Å². The molecular formula is C16H16IN2O2+. The highest BCUT2D eigenvalue weighted by atomic mass is 127. The number of aromatic nitrogens is 1. The Bertz CT molecular complexity index is 698. The Labute approximate surface area is 137 Å². The lowest BCUT2D eigenvalue weighted by atomic mass is 10.2. The largest absolute Gasteiger partial charge is 0.320 e. The number of rotatable bonds is 4. The highest BCUT2D eigenvalue weighted by Gasteiger charge is 2.12. The van der Waals surface area contributed by atoms with Gasteiger partial charge in [-0.3, -0.25) is 9.59 Å². The van der Waals surface area contributed by atoms with E-state index in [-0.39, 0.29) is 18.2 Å². The van der Waals surface area contributed by atoms with Crippen LogP contribution in [0, 0.1) is 10.5 Å². The van der Waals surface area contributed by atoms with E-state index in [1.807, 2.05) is 25.1 Å². The molecule has 0 fully saturated rings. The second-order valence-corrected chi connectivity index (χ2v) is 6.07. The van der Waals surface area contributed by atoms with Gasteiger partial charge in [-0.1, -0.05) is 0 Å². The van der Waals surface area contributed by atoms with E-state index in [1.165, 1.54) is 6.92 Å². The number of Topliss-reactive ketones (excluding diaryl/α,β-unsaturated/α-hetero) is 1. The minimum absolute atomic E-state index is 0.0155. The van der Waals surface area contributed by atoms with Crippen molar-refractivity contribution in [3.8, 4) is 0 Å². The van der Waals surface area contributed by atoms with Crippen LogP contribution in [0.15, 0.2) is 42.7 Å². The van der Waals surface area contributed by atoms with E-state index in [1.54, 1.807) is 29.1 Å². The van der Waals surface area contributed by atoms with E-state index >= 15 is 0 Å². The summed E-state index contributed by atoms with van der Waals surface area (Å²) in [5, 5.41) is 2.89. The Kier molecular flexibility index (Phi) is 5.06. The second-order valence-electron chi connectivity index (χ2n) is 4.83. The first-order chi connectivity index (χ1) is 9.95. The zero-order valence-corrected chi connectivity index (χ0v) is 14.0. The summed E-state index contributed by atoms with van der Waals surface area (Å²) in [4.78, 5) is 23.4. The molecule has 0 spiro atoms. The number of benzene rings is 1. The summed E-state index contributed by atoms with van der Waals surface area (Å²) in [5.74, 6) is -0.136. The molecule has 1 amide bonds. The Balaban J connectivity index is 2.08. The molecule has 1 N–H and O–H groups in total. The zero-order chi connectivity index (χ0) is 15.4. The summed E-state index contributed by atoms with van der Waals surface area (Å²) in [6, 6.07) is 9.36. The van der Waals surface area contributed by atoms with Gasteiger partial charge < -0.3 is 5.32 Å². The van der Waals surface area contributed by atoms with Crippen molar-refractivity contribution in [2.24, 2.45) is 0 Å². The molecule has 4 nitrogen and oxygen atoms in total. The minimum atomic E-state index is -0.120.